The van der Waals surface area contributed by atoms with E-state index >= 15 is 0 Å². The maximum absolute atomic E-state index is 3.78. The van der Waals surface area contributed by atoms with Crippen LogP contribution in [0, 0.1) is 0 Å². The predicted molar refractivity (Wildman–Crippen MR) is 96.9 cm³/mol. The Bertz CT molecular complexity index is 436. The first kappa shape index (κ1) is 22.1. The Kier molecular flexibility index (Phi) is 16.9. The van der Waals surface area contributed by atoms with E-state index in [1.54, 1.807) is 49.6 Å². The van der Waals surface area contributed by atoms with Crippen molar-refractivity contribution in [3.8, 4) is 0 Å². The number of nitrogens with zero attached hydrogens (tertiary/aromatic N) is 4. The molecule has 0 fully saturated rings. The minimum Gasteiger partial charge on any atom is -0.265 e. The van der Waals surface area contributed by atoms with Gasteiger partial charge in [-0.3, -0.25) is 19.9 Å². The second kappa shape index (κ2) is 19.2. The van der Waals surface area contributed by atoms with Crippen LogP contribution >= 0.6 is 0 Å². The van der Waals surface area contributed by atoms with Crippen molar-refractivity contribution in [3.63, 3.8) is 0 Å². The van der Waals surface area contributed by atoms with E-state index in [0.717, 1.165) is 0 Å². The molecule has 0 spiro atoms. The van der Waals surface area contributed by atoms with E-state index in [1.165, 1.54) is 0 Å². The molecule has 127 valence electrons. The van der Waals surface area contributed by atoms with Crippen LogP contribution in [-0.4, -0.2) is 19.9 Å². The molecule has 0 amide bonds. The Morgan fingerprint density at radius 3 is 0.440 bits per heavy atom. The smallest absolute Gasteiger partial charge is 0.265 e. The summed E-state index contributed by atoms with van der Waals surface area (Å²) in [5.74, 6) is 0. The Balaban J connectivity index is 0.000000303. The summed E-state index contributed by atoms with van der Waals surface area (Å²) in [4.78, 5) is 15.1. The van der Waals surface area contributed by atoms with Crippen LogP contribution in [0.1, 0.15) is 0 Å². The fourth-order valence-corrected chi connectivity index (χ4v) is 1.25. The zero-order chi connectivity index (χ0) is 17.0. The third-order valence-electron chi connectivity index (χ3n) is 2.27. The summed E-state index contributed by atoms with van der Waals surface area (Å²) in [7, 11) is 0. The second-order valence-corrected chi connectivity index (χ2v) is 4.10. The molecule has 0 aliphatic carbocycles. The standard InChI is InChI=1S/4C5H5N.Co/c4*1-2-4-6-5-3-1;/h4*1-5H;/q;;;;+2. The molecule has 1 radical (unpaired) electrons. The van der Waals surface area contributed by atoms with Gasteiger partial charge in [-0.05, 0) is 48.5 Å². The molecule has 4 aromatic heterocycles. The van der Waals surface area contributed by atoms with Gasteiger partial charge in [-0.2, -0.15) is 0 Å². The monoisotopic (exact) mass is 375 g/mol. The first-order chi connectivity index (χ1) is 12.0. The molecule has 0 saturated heterocycles. The van der Waals surface area contributed by atoms with Crippen molar-refractivity contribution in [1.82, 2.24) is 19.9 Å². The number of pyridine rings is 4. The van der Waals surface area contributed by atoms with Gasteiger partial charge in [0.05, 0.1) is 0 Å². The van der Waals surface area contributed by atoms with Crippen LogP contribution in [0.3, 0.4) is 0 Å². The third kappa shape index (κ3) is 17.3. The van der Waals surface area contributed by atoms with E-state index in [-0.39, 0.29) is 16.8 Å². The summed E-state index contributed by atoms with van der Waals surface area (Å²) in [6.45, 7) is 0. The van der Waals surface area contributed by atoms with Crippen molar-refractivity contribution >= 4 is 0 Å². The van der Waals surface area contributed by atoms with E-state index in [0.29, 0.717) is 0 Å². The SMILES string of the molecule is [Co+2].c1ccncc1.c1ccncc1.c1ccncc1.c1ccncc1. The van der Waals surface area contributed by atoms with Gasteiger partial charge in [0.15, 0.2) is 0 Å². The summed E-state index contributed by atoms with van der Waals surface area (Å²) >= 11 is 0. The van der Waals surface area contributed by atoms with E-state index in [2.05, 4.69) is 19.9 Å². The molecule has 0 N–H and O–H groups in total. The largest absolute Gasteiger partial charge is 2.00 e. The molecule has 0 saturated carbocycles. The summed E-state index contributed by atoms with van der Waals surface area (Å²) in [5, 5.41) is 0. The predicted octanol–water partition coefficient (Wildman–Crippen LogP) is 4.32. The van der Waals surface area contributed by atoms with Gasteiger partial charge in [0.1, 0.15) is 0 Å². The molecular weight excluding hydrogens is 355 g/mol. The van der Waals surface area contributed by atoms with E-state index in [9.17, 15) is 0 Å². The van der Waals surface area contributed by atoms with Crippen molar-refractivity contribution in [3.05, 3.63) is 122 Å². The average molecular weight is 375 g/mol. The molecule has 0 aromatic carbocycles. The second-order valence-electron chi connectivity index (χ2n) is 4.10. The molecule has 4 rings (SSSR count). The first-order valence-electron chi connectivity index (χ1n) is 7.40. The van der Waals surface area contributed by atoms with Gasteiger partial charge in [0.2, 0.25) is 0 Å². The molecule has 0 bridgehead atoms. The minimum absolute atomic E-state index is 0. The maximum atomic E-state index is 3.78. The van der Waals surface area contributed by atoms with Gasteiger partial charge >= 0.3 is 16.8 Å². The molecule has 0 unspecified atom stereocenters. The zero-order valence-corrected chi connectivity index (χ0v) is 14.7. The van der Waals surface area contributed by atoms with Crippen molar-refractivity contribution in [2.24, 2.45) is 0 Å². The van der Waals surface area contributed by atoms with Gasteiger partial charge in [-0.1, -0.05) is 24.3 Å². The van der Waals surface area contributed by atoms with Crippen molar-refractivity contribution in [2.75, 3.05) is 0 Å². The molecule has 0 atom stereocenters. The molecule has 5 heteroatoms. The first-order valence-corrected chi connectivity index (χ1v) is 7.40. The average Bonchev–Trinajstić information content (AvgIpc) is 2.75. The van der Waals surface area contributed by atoms with Crippen LogP contribution in [-0.2, 0) is 16.8 Å². The number of hydrogen-bond donors (Lipinski definition) is 0. The van der Waals surface area contributed by atoms with Crippen LogP contribution in [0.5, 0.6) is 0 Å². The van der Waals surface area contributed by atoms with Gasteiger partial charge in [0.25, 0.3) is 0 Å². The Hall–Kier alpha value is -2.89. The molecule has 4 nitrogen and oxygen atoms in total. The Morgan fingerprint density at radius 1 is 0.240 bits per heavy atom. The minimum atomic E-state index is 0. The van der Waals surface area contributed by atoms with Crippen LogP contribution in [0.25, 0.3) is 0 Å². The molecule has 0 aliphatic rings. The van der Waals surface area contributed by atoms with Crippen molar-refractivity contribution < 1.29 is 16.8 Å². The normalized spacial score (nSPS) is 7.68. The summed E-state index contributed by atoms with van der Waals surface area (Å²) < 4.78 is 0. The van der Waals surface area contributed by atoms with Crippen molar-refractivity contribution in [1.29, 1.82) is 0 Å². The topological polar surface area (TPSA) is 51.6 Å². The number of hydrogen-bond acceptors (Lipinski definition) is 4. The maximum Gasteiger partial charge on any atom is 2.00 e. The Labute approximate surface area is 159 Å². The van der Waals surface area contributed by atoms with Gasteiger partial charge in [-0.25, -0.2) is 0 Å². The quantitative estimate of drug-likeness (QED) is 0.459. The van der Waals surface area contributed by atoms with Crippen LogP contribution in [0.4, 0.5) is 0 Å². The third-order valence-corrected chi connectivity index (χ3v) is 2.27. The van der Waals surface area contributed by atoms with Gasteiger partial charge in [-0.15, -0.1) is 0 Å². The van der Waals surface area contributed by atoms with E-state index in [4.69, 9.17) is 0 Å². The molecule has 25 heavy (non-hydrogen) atoms. The van der Waals surface area contributed by atoms with E-state index in [1.807, 2.05) is 72.8 Å². The van der Waals surface area contributed by atoms with Crippen LogP contribution in [0.2, 0.25) is 0 Å². The molecule has 4 aromatic rings. The van der Waals surface area contributed by atoms with Gasteiger partial charge in [0, 0.05) is 49.6 Å². The summed E-state index contributed by atoms with van der Waals surface area (Å²) in [6, 6.07) is 22.9. The fourth-order valence-electron chi connectivity index (χ4n) is 1.25. The molecule has 0 aliphatic heterocycles. The Morgan fingerprint density at radius 2 is 0.400 bits per heavy atom. The molecular formula is C20H20CoN4+2. The van der Waals surface area contributed by atoms with Crippen LogP contribution < -0.4 is 0 Å². The zero-order valence-electron chi connectivity index (χ0n) is 13.7. The summed E-state index contributed by atoms with van der Waals surface area (Å²) in [5.41, 5.74) is 0. The fraction of sp³-hybridized carbons (Fsp3) is 0. The van der Waals surface area contributed by atoms with Crippen molar-refractivity contribution in [2.45, 2.75) is 0 Å². The van der Waals surface area contributed by atoms with E-state index < -0.39 is 0 Å². The molecule has 4 heterocycles. The number of rotatable bonds is 0. The summed E-state index contributed by atoms with van der Waals surface area (Å²) in [6.07, 6.45) is 14.0. The number of aromatic nitrogens is 4. The van der Waals surface area contributed by atoms with Crippen LogP contribution in [0.15, 0.2) is 122 Å². The van der Waals surface area contributed by atoms with Gasteiger partial charge < -0.3 is 0 Å².